The minimum absolute atomic E-state index is 0.423. The van der Waals surface area contributed by atoms with Crippen molar-refractivity contribution in [1.29, 1.82) is 0 Å². The molecule has 0 aliphatic heterocycles. The van der Waals surface area contributed by atoms with E-state index in [9.17, 15) is 0 Å². The second-order valence-electron chi connectivity index (χ2n) is 5.48. The molecule has 0 aromatic heterocycles. The van der Waals surface area contributed by atoms with E-state index in [-0.39, 0.29) is 0 Å². The Morgan fingerprint density at radius 2 is 1.60 bits per heavy atom. The third-order valence-electron chi connectivity index (χ3n) is 3.13. The van der Waals surface area contributed by atoms with E-state index in [0.717, 1.165) is 13.2 Å². The molecule has 0 rings (SSSR count). The molecule has 0 spiro atoms. The van der Waals surface area contributed by atoms with E-state index >= 15 is 0 Å². The van der Waals surface area contributed by atoms with Gasteiger partial charge in [0.25, 0.3) is 0 Å². The van der Waals surface area contributed by atoms with Gasteiger partial charge in [0.2, 0.25) is 0 Å². The van der Waals surface area contributed by atoms with Gasteiger partial charge in [0.1, 0.15) is 0 Å². The predicted molar refractivity (Wildman–Crippen MR) is 72.0 cm³/mol. The van der Waals surface area contributed by atoms with E-state index in [1.54, 1.807) is 0 Å². The van der Waals surface area contributed by atoms with Crippen LogP contribution in [0.2, 0.25) is 18.1 Å². The highest BCUT2D eigenvalue weighted by Gasteiger charge is 2.31. The van der Waals surface area contributed by atoms with Gasteiger partial charge < -0.3 is 4.74 Å². The van der Waals surface area contributed by atoms with Crippen molar-refractivity contribution in [3.05, 3.63) is 23.9 Å². The minimum atomic E-state index is -1.25. The average molecular weight is 226 g/mol. The van der Waals surface area contributed by atoms with E-state index in [1.165, 1.54) is 0 Å². The van der Waals surface area contributed by atoms with Crippen molar-refractivity contribution in [3.63, 3.8) is 0 Å². The molecular formula is C13H26OSi. The van der Waals surface area contributed by atoms with Gasteiger partial charge >= 0.3 is 0 Å². The Morgan fingerprint density at radius 3 is 2.07 bits per heavy atom. The lowest BCUT2D eigenvalue weighted by Gasteiger charge is -2.34. The van der Waals surface area contributed by atoms with Crippen LogP contribution in [0.4, 0.5) is 0 Å². The first-order chi connectivity index (χ1) is 6.81. The molecule has 0 aliphatic rings. The number of hydrogen-bond acceptors (Lipinski definition) is 1. The first kappa shape index (κ1) is 14.7. The van der Waals surface area contributed by atoms with Crippen LogP contribution in [0.15, 0.2) is 23.9 Å². The molecule has 15 heavy (non-hydrogen) atoms. The molecule has 0 amide bonds. The van der Waals surface area contributed by atoms with Crippen molar-refractivity contribution in [3.8, 4) is 0 Å². The van der Waals surface area contributed by atoms with E-state index in [4.69, 9.17) is 4.74 Å². The van der Waals surface area contributed by atoms with Crippen LogP contribution in [-0.4, -0.2) is 21.3 Å². The molecule has 0 saturated heterocycles. The second kappa shape index (κ2) is 6.29. The SMILES string of the molecule is C/C=C/COC/C=C/[Si](C)(C)C(C)(C)C. The Hall–Kier alpha value is -0.343. The van der Waals surface area contributed by atoms with Crippen LogP contribution in [-0.2, 0) is 4.74 Å². The Bertz CT molecular complexity index is 221. The zero-order valence-electron chi connectivity index (χ0n) is 11.1. The quantitative estimate of drug-likeness (QED) is 0.388. The van der Waals surface area contributed by atoms with Crippen LogP contribution in [0.25, 0.3) is 0 Å². The first-order valence-electron chi connectivity index (χ1n) is 5.68. The Kier molecular flexibility index (Phi) is 6.14. The van der Waals surface area contributed by atoms with Crippen molar-refractivity contribution >= 4 is 8.07 Å². The standard InChI is InChI=1S/C13H26OSi/c1-7-8-10-14-11-9-12-15(5,6)13(2,3)4/h7-9,12H,10-11H2,1-6H3/b8-7+,12-9+. The van der Waals surface area contributed by atoms with Crippen LogP contribution in [0.3, 0.4) is 0 Å². The van der Waals surface area contributed by atoms with Crippen LogP contribution in [0.5, 0.6) is 0 Å². The number of allylic oxidation sites excluding steroid dienone is 1. The minimum Gasteiger partial charge on any atom is -0.373 e. The summed E-state index contributed by atoms with van der Waals surface area (Å²) in [6.07, 6.45) is 6.22. The highest BCUT2D eigenvalue weighted by atomic mass is 28.3. The Balaban J connectivity index is 3.96. The molecule has 1 nitrogen and oxygen atoms in total. The van der Waals surface area contributed by atoms with Gasteiger partial charge in [-0.1, -0.05) is 57.8 Å². The summed E-state index contributed by atoms with van der Waals surface area (Å²) in [4.78, 5) is 0. The molecular weight excluding hydrogens is 200 g/mol. The fraction of sp³-hybridized carbons (Fsp3) is 0.692. The van der Waals surface area contributed by atoms with Crippen molar-refractivity contribution in [2.75, 3.05) is 13.2 Å². The molecule has 0 aromatic carbocycles. The summed E-state index contributed by atoms with van der Waals surface area (Å²) in [5, 5.41) is 0.423. The second-order valence-corrected chi connectivity index (χ2v) is 10.8. The van der Waals surface area contributed by atoms with Gasteiger partial charge in [-0.05, 0) is 12.0 Å². The molecule has 0 unspecified atom stereocenters. The van der Waals surface area contributed by atoms with Gasteiger partial charge in [-0.25, -0.2) is 0 Å². The highest BCUT2D eigenvalue weighted by molar-refractivity contribution is 6.84. The number of rotatable bonds is 5. The smallest absolute Gasteiger partial charge is 0.0767 e. The summed E-state index contributed by atoms with van der Waals surface area (Å²) in [5.41, 5.74) is 2.39. The monoisotopic (exact) mass is 226 g/mol. The predicted octanol–water partition coefficient (Wildman–Crippen LogP) is 4.18. The van der Waals surface area contributed by atoms with Crippen molar-refractivity contribution in [2.24, 2.45) is 0 Å². The maximum atomic E-state index is 5.43. The molecule has 0 bridgehead atoms. The molecule has 0 N–H and O–H groups in total. The lowest BCUT2D eigenvalue weighted by molar-refractivity contribution is 0.194. The third-order valence-corrected chi connectivity index (χ3v) is 8.07. The maximum Gasteiger partial charge on any atom is 0.0767 e. The highest BCUT2D eigenvalue weighted by Crippen LogP contribution is 2.36. The van der Waals surface area contributed by atoms with Gasteiger partial charge in [-0.3, -0.25) is 0 Å². The van der Waals surface area contributed by atoms with E-state index in [1.807, 2.05) is 19.1 Å². The zero-order chi connectivity index (χ0) is 11.9. The molecule has 0 radical (unpaired) electrons. The van der Waals surface area contributed by atoms with E-state index < -0.39 is 8.07 Å². The molecule has 0 saturated carbocycles. The van der Waals surface area contributed by atoms with Crippen molar-refractivity contribution in [1.82, 2.24) is 0 Å². The van der Waals surface area contributed by atoms with Crippen LogP contribution in [0, 0.1) is 0 Å². The summed E-state index contributed by atoms with van der Waals surface area (Å²) in [6, 6.07) is 0. The Morgan fingerprint density at radius 1 is 1.07 bits per heavy atom. The normalized spacial score (nSPS) is 14.3. The summed E-state index contributed by atoms with van der Waals surface area (Å²) in [7, 11) is -1.25. The van der Waals surface area contributed by atoms with Gasteiger partial charge in [0, 0.05) is 0 Å². The molecule has 2 heteroatoms. The van der Waals surface area contributed by atoms with Crippen molar-refractivity contribution < 1.29 is 4.74 Å². The van der Waals surface area contributed by atoms with Crippen molar-refractivity contribution in [2.45, 2.75) is 45.8 Å². The fourth-order valence-electron chi connectivity index (χ4n) is 0.893. The Labute approximate surface area is 96.2 Å². The zero-order valence-corrected chi connectivity index (χ0v) is 12.1. The van der Waals surface area contributed by atoms with Crippen LogP contribution < -0.4 is 0 Å². The van der Waals surface area contributed by atoms with E-state index in [0.29, 0.717) is 5.04 Å². The van der Waals surface area contributed by atoms with Gasteiger partial charge in [-0.2, -0.15) is 0 Å². The lowest BCUT2D eigenvalue weighted by atomic mass is 10.2. The first-order valence-corrected chi connectivity index (χ1v) is 8.75. The van der Waals surface area contributed by atoms with Crippen LogP contribution >= 0.6 is 0 Å². The molecule has 88 valence electrons. The number of hydrogen-bond donors (Lipinski definition) is 0. The molecule has 0 aliphatic carbocycles. The molecule has 0 aromatic rings. The molecule has 0 fully saturated rings. The lowest BCUT2D eigenvalue weighted by Crippen LogP contribution is -2.35. The average Bonchev–Trinajstić information content (AvgIpc) is 2.09. The van der Waals surface area contributed by atoms with Gasteiger partial charge in [0.15, 0.2) is 0 Å². The molecule has 0 heterocycles. The van der Waals surface area contributed by atoms with Crippen LogP contribution in [0.1, 0.15) is 27.7 Å². The third kappa shape index (κ3) is 5.95. The summed E-state index contributed by atoms with van der Waals surface area (Å²) in [5.74, 6) is 0. The molecule has 0 atom stereocenters. The fourth-order valence-corrected chi connectivity index (χ4v) is 2.08. The van der Waals surface area contributed by atoms with Gasteiger partial charge in [0.05, 0.1) is 21.3 Å². The van der Waals surface area contributed by atoms with Gasteiger partial charge in [-0.15, -0.1) is 0 Å². The maximum absolute atomic E-state index is 5.43. The summed E-state index contributed by atoms with van der Waals surface area (Å²) in [6.45, 7) is 15.2. The van der Waals surface area contributed by atoms with E-state index in [2.05, 4.69) is 45.6 Å². The summed E-state index contributed by atoms with van der Waals surface area (Å²) >= 11 is 0. The number of ether oxygens (including phenoxy) is 1. The summed E-state index contributed by atoms with van der Waals surface area (Å²) < 4.78 is 5.43. The largest absolute Gasteiger partial charge is 0.373 e. The topological polar surface area (TPSA) is 9.23 Å².